The third-order valence-electron chi connectivity index (χ3n) is 7.28. The zero-order chi connectivity index (χ0) is 29.8. The maximum absolute atomic E-state index is 12.9. The van der Waals surface area contributed by atoms with E-state index in [1.54, 1.807) is 23.7 Å². The van der Waals surface area contributed by atoms with Crippen LogP contribution in [0.3, 0.4) is 0 Å². The smallest absolute Gasteiger partial charge is 0.240 e. The number of anilines is 3. The maximum Gasteiger partial charge on any atom is 0.240 e. The monoisotopic (exact) mass is 598 g/mol. The average Bonchev–Trinajstić information content (AvgIpc) is 3.52. The molecule has 0 spiro atoms. The molecule has 3 aromatic rings. The van der Waals surface area contributed by atoms with Crippen molar-refractivity contribution in [1.29, 1.82) is 5.26 Å². The molecule has 0 bridgehead atoms. The van der Waals surface area contributed by atoms with Gasteiger partial charge in [0.15, 0.2) is 5.69 Å². The Hall–Kier alpha value is -3.15. The average molecular weight is 599 g/mol. The number of hydrogen-bond acceptors (Lipinski definition) is 11. The summed E-state index contributed by atoms with van der Waals surface area (Å²) >= 11 is 1.32. The first-order valence-corrected chi connectivity index (χ1v) is 16.1. The lowest BCUT2D eigenvalue weighted by Gasteiger charge is -2.30. The highest BCUT2D eigenvalue weighted by molar-refractivity contribution is 7.89. The van der Waals surface area contributed by atoms with Gasteiger partial charge in [-0.25, -0.2) is 23.1 Å². The first kappa shape index (κ1) is 30.8. The highest BCUT2D eigenvalue weighted by Gasteiger charge is 2.37. The van der Waals surface area contributed by atoms with Gasteiger partial charge in [-0.3, -0.25) is 4.90 Å². The van der Waals surface area contributed by atoms with Crippen LogP contribution in [-0.2, 0) is 10.0 Å². The second kappa shape index (κ2) is 12.8. The molecule has 1 aliphatic rings. The van der Waals surface area contributed by atoms with Gasteiger partial charge in [-0.15, -0.1) is 11.3 Å². The minimum atomic E-state index is -3.66. The van der Waals surface area contributed by atoms with E-state index in [0.29, 0.717) is 65.3 Å². The molecule has 2 heterocycles. The molecule has 2 atom stereocenters. The van der Waals surface area contributed by atoms with Crippen molar-refractivity contribution in [3.63, 3.8) is 0 Å². The number of nitrogens with one attached hydrogen (secondary N) is 3. The van der Waals surface area contributed by atoms with Crippen molar-refractivity contribution in [2.45, 2.75) is 82.5 Å². The Bertz CT molecular complexity index is 1470. The van der Waals surface area contributed by atoms with Crippen molar-refractivity contribution < 1.29 is 13.5 Å². The van der Waals surface area contributed by atoms with E-state index in [1.807, 2.05) is 13.0 Å². The molecule has 0 aliphatic heterocycles. The molecule has 0 unspecified atom stereocenters. The highest BCUT2D eigenvalue weighted by Crippen LogP contribution is 2.36. The van der Waals surface area contributed by atoms with Crippen molar-refractivity contribution >= 4 is 38.8 Å². The van der Waals surface area contributed by atoms with Crippen molar-refractivity contribution in [1.82, 2.24) is 24.6 Å². The van der Waals surface area contributed by atoms with Crippen LogP contribution in [0, 0.1) is 11.3 Å². The minimum absolute atomic E-state index is 0.169. The van der Waals surface area contributed by atoms with E-state index in [1.165, 1.54) is 23.5 Å². The zero-order valence-corrected chi connectivity index (χ0v) is 25.7. The number of sulfonamides is 1. The summed E-state index contributed by atoms with van der Waals surface area (Å²) in [5, 5.41) is 28.8. The van der Waals surface area contributed by atoms with Crippen LogP contribution < -0.4 is 15.4 Å². The SMILES string of the molecule is CC(C)N(CCNS(=O)(=O)c1ccc(Nc2ncc(-c3nc(C#N)cs3)c(N[C@@H]3CCC[C@@]3(C)O)n2)cc1)C(C)C. The van der Waals surface area contributed by atoms with Gasteiger partial charge in [0, 0.05) is 42.4 Å². The Morgan fingerprint density at radius 2 is 1.90 bits per heavy atom. The Morgan fingerprint density at radius 1 is 1.20 bits per heavy atom. The summed E-state index contributed by atoms with van der Waals surface area (Å²) in [5.74, 6) is 0.788. The maximum atomic E-state index is 12.9. The summed E-state index contributed by atoms with van der Waals surface area (Å²) in [6.45, 7) is 11.1. The lowest BCUT2D eigenvalue weighted by atomic mass is 10.0. The number of hydrogen-bond donors (Lipinski definition) is 4. The molecule has 0 saturated heterocycles. The molecule has 1 aliphatic carbocycles. The van der Waals surface area contributed by atoms with Crippen LogP contribution in [0.2, 0.25) is 0 Å². The van der Waals surface area contributed by atoms with E-state index in [-0.39, 0.29) is 10.9 Å². The lowest BCUT2D eigenvalue weighted by molar-refractivity contribution is 0.0577. The summed E-state index contributed by atoms with van der Waals surface area (Å²) in [6, 6.07) is 8.88. The number of nitrogens with zero attached hydrogens (tertiary/aromatic N) is 5. The van der Waals surface area contributed by atoms with Crippen LogP contribution >= 0.6 is 11.3 Å². The second-order valence-electron chi connectivity index (χ2n) is 11.0. The van der Waals surface area contributed by atoms with Gasteiger partial charge in [0.1, 0.15) is 16.9 Å². The van der Waals surface area contributed by atoms with Gasteiger partial charge in [0.25, 0.3) is 0 Å². The largest absolute Gasteiger partial charge is 0.388 e. The molecule has 41 heavy (non-hydrogen) atoms. The number of rotatable bonds is 12. The number of aromatic nitrogens is 3. The molecule has 2 aromatic heterocycles. The van der Waals surface area contributed by atoms with Crippen molar-refractivity contribution in [2.75, 3.05) is 23.7 Å². The van der Waals surface area contributed by atoms with Crippen LogP contribution in [0.1, 0.15) is 59.6 Å². The number of aliphatic hydroxyl groups is 1. The van der Waals surface area contributed by atoms with E-state index in [4.69, 9.17) is 0 Å². The van der Waals surface area contributed by atoms with Gasteiger partial charge in [-0.1, -0.05) is 0 Å². The van der Waals surface area contributed by atoms with Crippen molar-refractivity contribution in [3.05, 3.63) is 41.5 Å². The fourth-order valence-electron chi connectivity index (χ4n) is 5.05. The Morgan fingerprint density at radius 3 is 2.49 bits per heavy atom. The van der Waals surface area contributed by atoms with Crippen LogP contribution in [0.4, 0.5) is 17.5 Å². The second-order valence-corrected chi connectivity index (χ2v) is 13.6. The van der Waals surface area contributed by atoms with Crippen LogP contribution in [0.25, 0.3) is 10.6 Å². The van der Waals surface area contributed by atoms with E-state index in [0.717, 1.165) is 12.8 Å². The van der Waals surface area contributed by atoms with Gasteiger partial charge in [-0.2, -0.15) is 10.2 Å². The summed E-state index contributed by atoms with van der Waals surface area (Å²) in [4.78, 5) is 15.9. The predicted molar refractivity (Wildman–Crippen MR) is 162 cm³/mol. The van der Waals surface area contributed by atoms with Crippen LogP contribution in [0.15, 0.2) is 40.7 Å². The van der Waals surface area contributed by atoms with E-state index < -0.39 is 15.6 Å². The Labute approximate surface area is 246 Å². The third-order valence-corrected chi connectivity index (χ3v) is 9.64. The van der Waals surface area contributed by atoms with Gasteiger partial charge >= 0.3 is 0 Å². The molecule has 4 N–H and O–H groups in total. The van der Waals surface area contributed by atoms with E-state index >= 15 is 0 Å². The summed E-state index contributed by atoms with van der Waals surface area (Å²) in [7, 11) is -3.66. The van der Waals surface area contributed by atoms with Crippen LogP contribution in [0.5, 0.6) is 0 Å². The quantitative estimate of drug-likeness (QED) is 0.237. The molecule has 1 saturated carbocycles. The Kier molecular flexibility index (Phi) is 9.61. The number of nitriles is 1. The van der Waals surface area contributed by atoms with Gasteiger partial charge in [0.2, 0.25) is 16.0 Å². The summed E-state index contributed by atoms with van der Waals surface area (Å²) in [5.41, 5.74) is 0.675. The van der Waals surface area contributed by atoms with E-state index in [9.17, 15) is 18.8 Å². The predicted octanol–water partition coefficient (Wildman–Crippen LogP) is 4.33. The highest BCUT2D eigenvalue weighted by atomic mass is 32.2. The van der Waals surface area contributed by atoms with Crippen LogP contribution in [-0.4, -0.2) is 70.2 Å². The normalized spacial score (nSPS) is 19.2. The molecule has 13 heteroatoms. The standard InChI is InChI=1S/C28H38N8O3S2/c1-18(2)36(19(3)4)14-13-31-41(38,39)22-10-8-20(9-11-22)33-27-30-16-23(26-32-21(15-29)17-40-26)25(35-27)34-24-7-6-12-28(24,5)37/h8-11,16-19,24,31,37H,6-7,12-14H2,1-5H3,(H2,30,33,34,35)/t24-,28-/m1/s1. The third kappa shape index (κ3) is 7.58. The molecule has 11 nitrogen and oxygen atoms in total. The van der Waals surface area contributed by atoms with Gasteiger partial charge in [-0.05, 0) is 78.1 Å². The first-order valence-electron chi connectivity index (χ1n) is 13.7. The molecular formula is C28H38N8O3S2. The lowest BCUT2D eigenvalue weighted by Crippen LogP contribution is -2.42. The zero-order valence-electron chi connectivity index (χ0n) is 24.0. The molecular weight excluding hydrogens is 560 g/mol. The van der Waals surface area contributed by atoms with Crippen molar-refractivity contribution in [2.24, 2.45) is 0 Å². The summed E-state index contributed by atoms with van der Waals surface area (Å²) in [6.07, 6.45) is 3.99. The number of thiazole rings is 1. The molecule has 0 radical (unpaired) electrons. The first-order chi connectivity index (χ1) is 19.4. The molecule has 220 valence electrons. The van der Waals surface area contributed by atoms with Gasteiger partial charge in [0.05, 0.1) is 22.1 Å². The molecule has 0 amide bonds. The molecule has 4 rings (SSSR count). The fraction of sp³-hybridized carbons (Fsp3) is 0.500. The van der Waals surface area contributed by atoms with Gasteiger partial charge < -0.3 is 15.7 Å². The molecule has 1 aromatic carbocycles. The topological polar surface area (TPSA) is 156 Å². The Balaban J connectivity index is 1.49. The minimum Gasteiger partial charge on any atom is -0.388 e. The van der Waals surface area contributed by atoms with Crippen molar-refractivity contribution in [3.8, 4) is 16.6 Å². The van der Waals surface area contributed by atoms with E-state index in [2.05, 4.69) is 62.9 Å². The fourth-order valence-corrected chi connectivity index (χ4v) is 6.83. The molecule has 1 fully saturated rings. The number of benzene rings is 1. The summed E-state index contributed by atoms with van der Waals surface area (Å²) < 4.78 is 28.4.